The lowest BCUT2D eigenvalue weighted by atomic mass is 9.97. The van der Waals surface area contributed by atoms with Gasteiger partial charge in [0.15, 0.2) is 5.78 Å². The quantitative estimate of drug-likeness (QED) is 0.704. The number of rotatable bonds is 1. The van der Waals surface area contributed by atoms with Gasteiger partial charge in [0.05, 0.1) is 11.8 Å². The first kappa shape index (κ1) is 7.79. The van der Waals surface area contributed by atoms with Crippen LogP contribution in [0.4, 0.5) is 0 Å². The molecule has 13 heavy (non-hydrogen) atoms. The summed E-state index contributed by atoms with van der Waals surface area (Å²) in [5.74, 6) is -0.937. The standard InChI is InChI=1S/C9H6O4/c10-7-3-5(9(11)12)4-8-6(7)1-2-13-8/h1-2,4H,3H2,(H,11,12). The summed E-state index contributed by atoms with van der Waals surface area (Å²) >= 11 is 0. The van der Waals surface area contributed by atoms with Gasteiger partial charge in [-0.3, -0.25) is 4.79 Å². The van der Waals surface area contributed by atoms with Crippen molar-refractivity contribution in [1.82, 2.24) is 0 Å². The zero-order valence-electron chi connectivity index (χ0n) is 6.61. The molecule has 0 fully saturated rings. The number of fused-ring (bicyclic) bond motifs is 1. The third kappa shape index (κ3) is 1.16. The molecule has 4 nitrogen and oxygen atoms in total. The zero-order chi connectivity index (χ0) is 9.42. The fraction of sp³-hybridized carbons (Fsp3) is 0.111. The molecule has 0 saturated carbocycles. The van der Waals surface area contributed by atoms with Gasteiger partial charge in [-0.15, -0.1) is 0 Å². The molecule has 1 aliphatic rings. The Labute approximate surface area is 73.5 Å². The van der Waals surface area contributed by atoms with E-state index >= 15 is 0 Å². The zero-order valence-corrected chi connectivity index (χ0v) is 6.61. The Kier molecular flexibility index (Phi) is 1.55. The van der Waals surface area contributed by atoms with Crippen LogP contribution in [0.2, 0.25) is 0 Å². The Balaban J connectivity index is 2.52. The summed E-state index contributed by atoms with van der Waals surface area (Å²) in [6, 6.07) is 1.55. The number of furan rings is 1. The average Bonchev–Trinajstić information content (AvgIpc) is 2.51. The lowest BCUT2D eigenvalue weighted by Gasteiger charge is -2.06. The van der Waals surface area contributed by atoms with Crippen LogP contribution in [0.1, 0.15) is 22.5 Å². The lowest BCUT2D eigenvalue weighted by Crippen LogP contribution is -2.11. The van der Waals surface area contributed by atoms with E-state index in [-0.39, 0.29) is 17.8 Å². The van der Waals surface area contributed by atoms with Crippen molar-refractivity contribution in [2.75, 3.05) is 0 Å². The molecule has 1 N–H and O–H groups in total. The molecule has 1 aliphatic carbocycles. The van der Waals surface area contributed by atoms with Crippen LogP contribution in [-0.2, 0) is 4.79 Å². The minimum Gasteiger partial charge on any atom is -0.478 e. The summed E-state index contributed by atoms with van der Waals surface area (Å²) in [6.07, 6.45) is 2.71. The van der Waals surface area contributed by atoms with Gasteiger partial charge in [-0.2, -0.15) is 0 Å². The molecule has 0 aliphatic heterocycles. The minimum atomic E-state index is -1.07. The van der Waals surface area contributed by atoms with Crippen LogP contribution >= 0.6 is 0 Å². The molecule has 2 rings (SSSR count). The molecular weight excluding hydrogens is 172 g/mol. The number of carboxylic acids is 1. The molecule has 66 valence electrons. The predicted octanol–water partition coefficient (Wildman–Crippen LogP) is 1.33. The maximum absolute atomic E-state index is 11.3. The van der Waals surface area contributed by atoms with Crippen molar-refractivity contribution in [3.05, 3.63) is 29.2 Å². The van der Waals surface area contributed by atoms with E-state index in [2.05, 4.69) is 0 Å². The molecule has 1 aromatic rings. The van der Waals surface area contributed by atoms with E-state index in [0.29, 0.717) is 11.3 Å². The van der Waals surface area contributed by atoms with Gasteiger partial charge in [0.2, 0.25) is 0 Å². The molecule has 0 bridgehead atoms. The molecule has 0 unspecified atom stereocenters. The maximum Gasteiger partial charge on any atom is 0.332 e. The van der Waals surface area contributed by atoms with E-state index in [1.165, 1.54) is 12.3 Å². The Bertz CT molecular complexity index is 411. The first-order valence-corrected chi connectivity index (χ1v) is 3.73. The second-order valence-electron chi connectivity index (χ2n) is 2.77. The summed E-state index contributed by atoms with van der Waals surface area (Å²) < 4.78 is 4.95. The van der Waals surface area contributed by atoms with Crippen molar-refractivity contribution in [2.45, 2.75) is 6.42 Å². The summed E-state index contributed by atoms with van der Waals surface area (Å²) in [6.45, 7) is 0. The Hall–Kier alpha value is -1.84. The van der Waals surface area contributed by atoms with Crippen LogP contribution in [0, 0.1) is 0 Å². The van der Waals surface area contributed by atoms with Gasteiger partial charge in [0.1, 0.15) is 5.76 Å². The van der Waals surface area contributed by atoms with Crippen molar-refractivity contribution in [3.8, 4) is 0 Å². The predicted molar refractivity (Wildman–Crippen MR) is 43.3 cm³/mol. The van der Waals surface area contributed by atoms with Gasteiger partial charge in [-0.05, 0) is 12.1 Å². The number of carboxylic acid groups (broad SMARTS) is 1. The van der Waals surface area contributed by atoms with Gasteiger partial charge in [0.25, 0.3) is 0 Å². The molecular formula is C9H6O4. The van der Waals surface area contributed by atoms with E-state index in [1.807, 2.05) is 0 Å². The SMILES string of the molecule is O=C(O)C1=Cc2occc2C(=O)C1. The second kappa shape index (κ2) is 2.58. The van der Waals surface area contributed by atoms with Gasteiger partial charge < -0.3 is 9.52 Å². The molecule has 0 atom stereocenters. The first-order valence-electron chi connectivity index (χ1n) is 3.73. The average molecular weight is 178 g/mol. The van der Waals surface area contributed by atoms with E-state index in [9.17, 15) is 9.59 Å². The number of hydrogen-bond donors (Lipinski definition) is 1. The van der Waals surface area contributed by atoms with E-state index < -0.39 is 5.97 Å². The summed E-state index contributed by atoms with van der Waals surface area (Å²) in [5.41, 5.74) is 0.539. The normalized spacial score (nSPS) is 15.1. The van der Waals surface area contributed by atoms with Crippen molar-refractivity contribution in [2.24, 2.45) is 0 Å². The molecule has 0 saturated heterocycles. The number of carbonyl (C=O) groups is 2. The van der Waals surface area contributed by atoms with Crippen LogP contribution in [-0.4, -0.2) is 16.9 Å². The molecule has 0 spiro atoms. The van der Waals surface area contributed by atoms with Crippen molar-refractivity contribution in [1.29, 1.82) is 0 Å². The van der Waals surface area contributed by atoms with E-state index in [4.69, 9.17) is 9.52 Å². The maximum atomic E-state index is 11.3. The van der Waals surface area contributed by atoms with Crippen molar-refractivity contribution in [3.63, 3.8) is 0 Å². The highest BCUT2D eigenvalue weighted by molar-refractivity contribution is 6.09. The molecule has 1 heterocycles. The molecule has 0 amide bonds. The molecule has 4 heteroatoms. The summed E-state index contributed by atoms with van der Waals surface area (Å²) in [4.78, 5) is 21.9. The third-order valence-electron chi connectivity index (χ3n) is 1.93. The highest BCUT2D eigenvalue weighted by Crippen LogP contribution is 2.24. The van der Waals surface area contributed by atoms with Gasteiger partial charge in [0, 0.05) is 12.0 Å². The van der Waals surface area contributed by atoms with Crippen LogP contribution in [0.25, 0.3) is 6.08 Å². The summed E-state index contributed by atoms with van der Waals surface area (Å²) in [7, 11) is 0. The van der Waals surface area contributed by atoms with Gasteiger partial charge in [-0.25, -0.2) is 4.79 Å². The van der Waals surface area contributed by atoms with Crippen LogP contribution in [0.15, 0.2) is 22.3 Å². The first-order chi connectivity index (χ1) is 6.18. The highest BCUT2D eigenvalue weighted by atomic mass is 16.4. The Morgan fingerprint density at radius 1 is 1.54 bits per heavy atom. The Morgan fingerprint density at radius 3 is 3.00 bits per heavy atom. The minimum absolute atomic E-state index is 0.0537. The number of aliphatic carboxylic acids is 1. The topological polar surface area (TPSA) is 67.5 Å². The monoisotopic (exact) mass is 178 g/mol. The fourth-order valence-corrected chi connectivity index (χ4v) is 1.28. The number of hydrogen-bond acceptors (Lipinski definition) is 3. The molecule has 1 aromatic heterocycles. The summed E-state index contributed by atoms with van der Waals surface area (Å²) in [5, 5.41) is 8.66. The van der Waals surface area contributed by atoms with Gasteiger partial charge >= 0.3 is 5.97 Å². The van der Waals surface area contributed by atoms with Crippen LogP contribution in [0.5, 0.6) is 0 Å². The fourth-order valence-electron chi connectivity index (χ4n) is 1.28. The van der Waals surface area contributed by atoms with Crippen molar-refractivity contribution < 1.29 is 19.1 Å². The van der Waals surface area contributed by atoms with Crippen LogP contribution < -0.4 is 0 Å². The van der Waals surface area contributed by atoms with Crippen molar-refractivity contribution >= 4 is 17.8 Å². The largest absolute Gasteiger partial charge is 0.478 e. The Morgan fingerprint density at radius 2 is 2.31 bits per heavy atom. The third-order valence-corrected chi connectivity index (χ3v) is 1.93. The number of Topliss-reactive ketones (excluding diaryl/α,β-unsaturated/α-hetero) is 1. The van der Waals surface area contributed by atoms with E-state index in [0.717, 1.165) is 0 Å². The van der Waals surface area contributed by atoms with Crippen LogP contribution in [0.3, 0.4) is 0 Å². The number of ketones is 1. The molecule has 0 radical (unpaired) electrons. The second-order valence-corrected chi connectivity index (χ2v) is 2.77. The van der Waals surface area contributed by atoms with E-state index in [1.54, 1.807) is 6.07 Å². The smallest absolute Gasteiger partial charge is 0.332 e. The van der Waals surface area contributed by atoms with Gasteiger partial charge in [-0.1, -0.05) is 0 Å². The highest BCUT2D eigenvalue weighted by Gasteiger charge is 2.23. The lowest BCUT2D eigenvalue weighted by molar-refractivity contribution is -0.132. The number of carbonyl (C=O) groups excluding carboxylic acids is 1. The molecule has 0 aromatic carbocycles.